The van der Waals surface area contributed by atoms with Crippen LogP contribution in [0.3, 0.4) is 0 Å². The largest absolute Gasteiger partial charge is 0.310 e. The molecule has 110 valence electrons. The third-order valence-corrected chi connectivity index (χ3v) is 4.59. The normalized spacial score (nSPS) is 10.6. The smallest absolute Gasteiger partial charge is 0.278 e. The molecule has 2 aromatic rings. The summed E-state index contributed by atoms with van der Waals surface area (Å²) < 4.78 is 0. The van der Waals surface area contributed by atoms with Crippen LogP contribution in [0.15, 0.2) is 24.3 Å². The minimum Gasteiger partial charge on any atom is -0.310 e. The Morgan fingerprint density at radius 2 is 1.57 bits per heavy atom. The van der Waals surface area contributed by atoms with Crippen LogP contribution in [0.1, 0.15) is 16.1 Å². The Hall–Kier alpha value is -1.000. The van der Waals surface area contributed by atoms with Gasteiger partial charge in [-0.15, -0.1) is 0 Å². The summed E-state index contributed by atoms with van der Waals surface area (Å²) in [6, 6.07) is 7.44. The first kappa shape index (κ1) is 16.4. The van der Waals surface area contributed by atoms with Crippen LogP contribution in [-0.2, 0) is 0 Å². The summed E-state index contributed by atoms with van der Waals surface area (Å²) in [4.78, 5) is 17.8. The zero-order valence-electron chi connectivity index (χ0n) is 11.1. The van der Waals surface area contributed by atoms with Gasteiger partial charge < -0.3 is 4.90 Å². The van der Waals surface area contributed by atoms with Crippen molar-refractivity contribution >= 4 is 58.0 Å². The number of hydrogen-bond donors (Lipinski definition) is 0. The predicted molar refractivity (Wildman–Crippen MR) is 88.2 cm³/mol. The zero-order chi connectivity index (χ0) is 15.7. The van der Waals surface area contributed by atoms with Crippen LogP contribution in [0.25, 0.3) is 0 Å². The number of nitrogens with zero attached hydrogens (tertiary/aromatic N) is 2. The van der Waals surface area contributed by atoms with Gasteiger partial charge >= 0.3 is 0 Å². The zero-order valence-corrected chi connectivity index (χ0v) is 14.1. The Morgan fingerprint density at radius 3 is 2.14 bits per heavy atom. The highest BCUT2D eigenvalue weighted by molar-refractivity contribution is 6.52. The fourth-order valence-electron chi connectivity index (χ4n) is 1.67. The van der Waals surface area contributed by atoms with Crippen molar-refractivity contribution < 1.29 is 4.79 Å². The van der Waals surface area contributed by atoms with Gasteiger partial charge in [0, 0.05) is 12.7 Å². The molecule has 1 heterocycles. The molecule has 0 radical (unpaired) electrons. The monoisotopic (exact) mass is 362 g/mol. The summed E-state index contributed by atoms with van der Waals surface area (Å²) >= 11 is 23.7. The summed E-state index contributed by atoms with van der Waals surface area (Å²) in [7, 11) is 1.61. The Kier molecular flexibility index (Phi) is 4.99. The van der Waals surface area contributed by atoms with E-state index in [0.717, 1.165) is 5.56 Å². The molecule has 0 fully saturated rings. The number of pyridine rings is 1. The molecular formula is C14H10Cl4N2O. The van der Waals surface area contributed by atoms with Crippen molar-refractivity contribution in [2.75, 3.05) is 11.9 Å². The van der Waals surface area contributed by atoms with Gasteiger partial charge in [-0.25, -0.2) is 4.98 Å². The highest BCUT2D eigenvalue weighted by atomic mass is 35.5. The van der Waals surface area contributed by atoms with E-state index in [2.05, 4.69) is 4.98 Å². The van der Waals surface area contributed by atoms with Gasteiger partial charge in [0.05, 0.1) is 15.1 Å². The fraction of sp³-hybridized carbons (Fsp3) is 0.143. The number of halogens is 4. The lowest BCUT2D eigenvalue weighted by Gasteiger charge is -2.18. The molecule has 0 saturated carbocycles. The Balaban J connectivity index is 2.42. The van der Waals surface area contributed by atoms with E-state index in [1.54, 1.807) is 7.05 Å². The summed E-state index contributed by atoms with van der Waals surface area (Å²) in [5.41, 5.74) is 1.75. The first-order valence-electron chi connectivity index (χ1n) is 5.87. The van der Waals surface area contributed by atoms with E-state index in [1.807, 2.05) is 31.2 Å². The third kappa shape index (κ3) is 3.27. The average Bonchev–Trinajstić information content (AvgIpc) is 2.48. The molecule has 0 aliphatic heterocycles. The van der Waals surface area contributed by atoms with Gasteiger partial charge in [0.15, 0.2) is 5.69 Å². The second-order valence-electron chi connectivity index (χ2n) is 4.39. The van der Waals surface area contributed by atoms with Gasteiger partial charge in [-0.2, -0.15) is 0 Å². The third-order valence-electron chi connectivity index (χ3n) is 2.91. The van der Waals surface area contributed by atoms with Gasteiger partial charge in [-0.05, 0) is 19.1 Å². The molecule has 21 heavy (non-hydrogen) atoms. The summed E-state index contributed by atoms with van der Waals surface area (Å²) in [6.07, 6.45) is 0. The highest BCUT2D eigenvalue weighted by Crippen LogP contribution is 2.36. The number of rotatable bonds is 2. The van der Waals surface area contributed by atoms with E-state index in [0.29, 0.717) is 5.69 Å². The Labute approximate surface area is 142 Å². The molecule has 1 aromatic heterocycles. The van der Waals surface area contributed by atoms with Crippen molar-refractivity contribution in [1.82, 2.24) is 4.98 Å². The SMILES string of the molecule is Cc1ccc(N(C)C(=O)c2nc(Cl)c(Cl)c(Cl)c2Cl)cc1. The number of carbonyl (C=O) groups is 1. The van der Waals surface area contributed by atoms with Crippen LogP contribution in [0.4, 0.5) is 5.69 Å². The molecule has 1 amide bonds. The first-order chi connectivity index (χ1) is 9.82. The standard InChI is InChI=1S/C14H10Cl4N2O/c1-7-3-5-8(6-4-7)20(2)14(21)12-10(16)9(15)11(17)13(18)19-12/h3-6H,1-2H3. The Morgan fingerprint density at radius 1 is 1.00 bits per heavy atom. The molecule has 0 aliphatic carbocycles. The number of aryl methyl sites for hydroxylation is 1. The molecule has 1 aromatic carbocycles. The number of anilines is 1. The van der Waals surface area contributed by atoms with Crippen molar-refractivity contribution in [2.45, 2.75) is 6.92 Å². The van der Waals surface area contributed by atoms with E-state index < -0.39 is 5.91 Å². The lowest BCUT2D eigenvalue weighted by Crippen LogP contribution is -2.27. The quantitative estimate of drug-likeness (QED) is 0.680. The average molecular weight is 364 g/mol. The predicted octanol–water partition coefficient (Wildman–Crippen LogP) is 5.28. The van der Waals surface area contributed by atoms with E-state index in [-0.39, 0.29) is 25.9 Å². The van der Waals surface area contributed by atoms with Crippen LogP contribution in [0.5, 0.6) is 0 Å². The van der Waals surface area contributed by atoms with Gasteiger partial charge in [0.2, 0.25) is 0 Å². The van der Waals surface area contributed by atoms with Crippen molar-refractivity contribution in [3.05, 3.63) is 55.7 Å². The minimum absolute atomic E-state index is 0.0130. The fourth-order valence-corrected chi connectivity index (χ4v) is 2.48. The van der Waals surface area contributed by atoms with E-state index in [1.165, 1.54) is 4.90 Å². The molecule has 3 nitrogen and oxygen atoms in total. The minimum atomic E-state index is -0.427. The lowest BCUT2D eigenvalue weighted by atomic mass is 10.2. The number of aromatic nitrogens is 1. The van der Waals surface area contributed by atoms with Crippen LogP contribution in [0.2, 0.25) is 20.2 Å². The molecule has 0 saturated heterocycles. The molecular weight excluding hydrogens is 354 g/mol. The van der Waals surface area contributed by atoms with E-state index in [4.69, 9.17) is 46.4 Å². The second-order valence-corrected chi connectivity index (χ2v) is 5.88. The maximum atomic E-state index is 12.5. The molecule has 0 bridgehead atoms. The van der Waals surface area contributed by atoms with Crippen LogP contribution >= 0.6 is 46.4 Å². The molecule has 7 heteroatoms. The number of carbonyl (C=O) groups excluding carboxylic acids is 1. The van der Waals surface area contributed by atoms with E-state index >= 15 is 0 Å². The molecule has 0 N–H and O–H groups in total. The molecule has 0 aliphatic rings. The maximum absolute atomic E-state index is 12.5. The molecule has 0 unspecified atom stereocenters. The highest BCUT2D eigenvalue weighted by Gasteiger charge is 2.23. The molecule has 0 spiro atoms. The van der Waals surface area contributed by atoms with Gasteiger partial charge in [0.1, 0.15) is 5.15 Å². The van der Waals surface area contributed by atoms with Crippen molar-refractivity contribution in [2.24, 2.45) is 0 Å². The number of hydrogen-bond acceptors (Lipinski definition) is 2. The summed E-state index contributed by atoms with van der Waals surface area (Å²) in [5.74, 6) is -0.427. The van der Waals surface area contributed by atoms with Crippen LogP contribution in [-0.4, -0.2) is 17.9 Å². The topological polar surface area (TPSA) is 33.2 Å². The number of benzene rings is 1. The van der Waals surface area contributed by atoms with E-state index in [9.17, 15) is 4.79 Å². The summed E-state index contributed by atoms with van der Waals surface area (Å²) in [5, 5.41) is -0.0430. The van der Waals surface area contributed by atoms with Gasteiger partial charge in [0.25, 0.3) is 5.91 Å². The van der Waals surface area contributed by atoms with Crippen molar-refractivity contribution in [3.63, 3.8) is 0 Å². The summed E-state index contributed by atoms with van der Waals surface area (Å²) in [6.45, 7) is 1.96. The molecule has 2 rings (SSSR count). The Bertz CT molecular complexity index is 701. The van der Waals surface area contributed by atoms with Crippen molar-refractivity contribution in [1.29, 1.82) is 0 Å². The van der Waals surface area contributed by atoms with Crippen LogP contribution < -0.4 is 4.90 Å². The lowest BCUT2D eigenvalue weighted by molar-refractivity contribution is 0.0988. The second kappa shape index (κ2) is 6.41. The van der Waals surface area contributed by atoms with Gasteiger partial charge in [-0.3, -0.25) is 4.79 Å². The van der Waals surface area contributed by atoms with Gasteiger partial charge in [-0.1, -0.05) is 64.1 Å². The number of amides is 1. The first-order valence-corrected chi connectivity index (χ1v) is 7.38. The maximum Gasteiger partial charge on any atom is 0.278 e. The van der Waals surface area contributed by atoms with Crippen LogP contribution in [0, 0.1) is 6.92 Å². The van der Waals surface area contributed by atoms with Crippen molar-refractivity contribution in [3.8, 4) is 0 Å². The molecule has 0 atom stereocenters.